The second kappa shape index (κ2) is 6.08. The van der Waals surface area contributed by atoms with Crippen LogP contribution in [0.2, 0.25) is 0 Å². The molecule has 0 aliphatic rings. The summed E-state index contributed by atoms with van der Waals surface area (Å²) < 4.78 is 0. The maximum atomic E-state index is 6.20. The highest BCUT2D eigenvalue weighted by atomic mass is 15.1. The van der Waals surface area contributed by atoms with E-state index in [1.54, 1.807) is 0 Å². The van der Waals surface area contributed by atoms with Gasteiger partial charge in [-0.3, -0.25) is 0 Å². The van der Waals surface area contributed by atoms with Crippen LogP contribution in [0.1, 0.15) is 36.6 Å². The molecule has 0 bridgehead atoms. The van der Waals surface area contributed by atoms with Crippen LogP contribution in [0.15, 0.2) is 30.1 Å². The standard InChI is InChI=1S/C15H26N4/c1-10-6-5-7-12(11(10)2)13(17)8-14(18)19-15(3,4)9-16/h5-8,13,19H,9,16-18H2,1-4H3/b14-8+. The number of rotatable bonds is 5. The van der Waals surface area contributed by atoms with Gasteiger partial charge in [0.05, 0.1) is 11.9 Å². The van der Waals surface area contributed by atoms with Crippen LogP contribution in [0.5, 0.6) is 0 Å². The van der Waals surface area contributed by atoms with Crippen LogP contribution in [0.3, 0.4) is 0 Å². The van der Waals surface area contributed by atoms with Crippen molar-refractivity contribution in [2.45, 2.75) is 39.3 Å². The van der Waals surface area contributed by atoms with Crippen molar-refractivity contribution in [3.63, 3.8) is 0 Å². The Labute approximate surface area is 116 Å². The largest absolute Gasteiger partial charge is 0.386 e. The summed E-state index contributed by atoms with van der Waals surface area (Å²) in [4.78, 5) is 0. The maximum absolute atomic E-state index is 6.20. The van der Waals surface area contributed by atoms with Crippen LogP contribution in [0, 0.1) is 13.8 Å². The van der Waals surface area contributed by atoms with Crippen LogP contribution in [-0.2, 0) is 0 Å². The van der Waals surface area contributed by atoms with E-state index in [1.807, 2.05) is 32.1 Å². The van der Waals surface area contributed by atoms with E-state index in [-0.39, 0.29) is 11.6 Å². The summed E-state index contributed by atoms with van der Waals surface area (Å²) in [5.74, 6) is 0.559. The molecule has 106 valence electrons. The Kier molecular flexibility index (Phi) is 4.97. The topological polar surface area (TPSA) is 90.1 Å². The predicted molar refractivity (Wildman–Crippen MR) is 81.4 cm³/mol. The Morgan fingerprint density at radius 1 is 1.37 bits per heavy atom. The monoisotopic (exact) mass is 262 g/mol. The van der Waals surface area contributed by atoms with E-state index in [1.165, 1.54) is 11.1 Å². The zero-order valence-electron chi connectivity index (χ0n) is 12.3. The maximum Gasteiger partial charge on any atom is 0.0942 e. The first-order valence-corrected chi connectivity index (χ1v) is 6.54. The highest BCUT2D eigenvalue weighted by Gasteiger charge is 2.15. The summed E-state index contributed by atoms with van der Waals surface area (Å²) in [7, 11) is 0. The lowest BCUT2D eigenvalue weighted by molar-refractivity contribution is 0.436. The van der Waals surface area contributed by atoms with Gasteiger partial charge in [0.25, 0.3) is 0 Å². The predicted octanol–water partition coefficient (Wildman–Crippen LogP) is 1.43. The molecule has 0 heterocycles. The number of hydrogen-bond donors (Lipinski definition) is 4. The third kappa shape index (κ3) is 4.26. The molecule has 0 spiro atoms. The van der Waals surface area contributed by atoms with E-state index in [0.29, 0.717) is 12.4 Å². The van der Waals surface area contributed by atoms with Gasteiger partial charge in [-0.2, -0.15) is 0 Å². The lowest BCUT2D eigenvalue weighted by atomic mass is 9.97. The lowest BCUT2D eigenvalue weighted by Gasteiger charge is -2.26. The zero-order valence-corrected chi connectivity index (χ0v) is 12.3. The molecule has 7 N–H and O–H groups in total. The van der Waals surface area contributed by atoms with Gasteiger partial charge in [-0.1, -0.05) is 18.2 Å². The summed E-state index contributed by atoms with van der Waals surface area (Å²) >= 11 is 0. The third-order valence-electron chi connectivity index (χ3n) is 3.36. The molecule has 0 fully saturated rings. The van der Waals surface area contributed by atoms with Gasteiger partial charge < -0.3 is 22.5 Å². The second-order valence-electron chi connectivity index (χ2n) is 5.65. The lowest BCUT2D eigenvalue weighted by Crippen LogP contribution is -2.47. The van der Waals surface area contributed by atoms with Crippen LogP contribution >= 0.6 is 0 Å². The fourth-order valence-corrected chi connectivity index (χ4v) is 1.90. The molecular weight excluding hydrogens is 236 g/mol. The van der Waals surface area contributed by atoms with Crippen molar-refractivity contribution in [2.24, 2.45) is 17.2 Å². The summed E-state index contributed by atoms with van der Waals surface area (Å²) in [6, 6.07) is 5.90. The van der Waals surface area contributed by atoms with Gasteiger partial charge in [0.1, 0.15) is 0 Å². The van der Waals surface area contributed by atoms with E-state index in [9.17, 15) is 0 Å². The molecule has 1 aromatic carbocycles. The Hall–Kier alpha value is -1.52. The SMILES string of the molecule is Cc1cccc(C(N)/C=C(\N)NC(C)(C)CN)c1C. The quantitative estimate of drug-likeness (QED) is 0.646. The molecule has 0 amide bonds. The van der Waals surface area contributed by atoms with Crippen LogP contribution < -0.4 is 22.5 Å². The zero-order chi connectivity index (χ0) is 14.6. The smallest absolute Gasteiger partial charge is 0.0942 e. The summed E-state index contributed by atoms with van der Waals surface area (Å²) in [6.45, 7) is 8.65. The van der Waals surface area contributed by atoms with Crippen molar-refractivity contribution in [3.05, 3.63) is 46.8 Å². The molecule has 19 heavy (non-hydrogen) atoms. The Bertz CT molecular complexity index is 463. The molecule has 4 heteroatoms. The Morgan fingerprint density at radius 3 is 2.58 bits per heavy atom. The van der Waals surface area contributed by atoms with Crippen LogP contribution in [0.4, 0.5) is 0 Å². The molecular formula is C15H26N4. The summed E-state index contributed by atoms with van der Waals surface area (Å²) in [5, 5.41) is 3.17. The first-order valence-electron chi connectivity index (χ1n) is 6.54. The van der Waals surface area contributed by atoms with Gasteiger partial charge in [0, 0.05) is 12.1 Å². The first kappa shape index (κ1) is 15.5. The van der Waals surface area contributed by atoms with Gasteiger partial charge in [-0.15, -0.1) is 0 Å². The molecule has 0 saturated carbocycles. The number of benzene rings is 1. The van der Waals surface area contributed by atoms with Crippen molar-refractivity contribution in [1.29, 1.82) is 0 Å². The Morgan fingerprint density at radius 2 is 2.00 bits per heavy atom. The number of aryl methyl sites for hydroxylation is 1. The molecule has 1 atom stereocenters. The fraction of sp³-hybridized carbons (Fsp3) is 0.467. The minimum atomic E-state index is -0.234. The van der Waals surface area contributed by atoms with Crippen LogP contribution in [0.25, 0.3) is 0 Å². The molecule has 0 aromatic heterocycles. The highest BCUT2D eigenvalue weighted by molar-refractivity contribution is 5.37. The van der Waals surface area contributed by atoms with E-state index in [4.69, 9.17) is 17.2 Å². The molecule has 0 aliphatic carbocycles. The van der Waals surface area contributed by atoms with Gasteiger partial charge in [0.15, 0.2) is 0 Å². The van der Waals surface area contributed by atoms with Gasteiger partial charge in [-0.05, 0) is 50.5 Å². The molecule has 0 saturated heterocycles. The van der Waals surface area contributed by atoms with Crippen molar-refractivity contribution < 1.29 is 0 Å². The van der Waals surface area contributed by atoms with Gasteiger partial charge >= 0.3 is 0 Å². The molecule has 1 aromatic rings. The summed E-state index contributed by atoms with van der Waals surface area (Å²) in [6.07, 6.45) is 1.83. The van der Waals surface area contributed by atoms with E-state index in [2.05, 4.69) is 25.2 Å². The van der Waals surface area contributed by atoms with Crippen molar-refractivity contribution in [1.82, 2.24) is 5.32 Å². The molecule has 0 radical (unpaired) electrons. The normalized spacial score (nSPS) is 14.3. The summed E-state index contributed by atoms with van der Waals surface area (Å²) in [5.41, 5.74) is 21.1. The number of nitrogens with two attached hydrogens (primary N) is 3. The van der Waals surface area contributed by atoms with Crippen molar-refractivity contribution in [3.8, 4) is 0 Å². The minimum absolute atomic E-state index is 0.221. The average Bonchev–Trinajstić information content (AvgIpc) is 2.31. The highest BCUT2D eigenvalue weighted by Crippen LogP contribution is 2.20. The number of hydrogen-bond acceptors (Lipinski definition) is 4. The van der Waals surface area contributed by atoms with Gasteiger partial charge in [0.2, 0.25) is 0 Å². The van der Waals surface area contributed by atoms with E-state index < -0.39 is 0 Å². The molecule has 4 nitrogen and oxygen atoms in total. The van der Waals surface area contributed by atoms with Crippen molar-refractivity contribution >= 4 is 0 Å². The molecule has 1 rings (SSSR count). The first-order chi connectivity index (χ1) is 8.76. The van der Waals surface area contributed by atoms with E-state index in [0.717, 1.165) is 5.56 Å². The van der Waals surface area contributed by atoms with Crippen LogP contribution in [-0.4, -0.2) is 12.1 Å². The molecule has 1 unspecified atom stereocenters. The fourth-order valence-electron chi connectivity index (χ4n) is 1.90. The minimum Gasteiger partial charge on any atom is -0.386 e. The molecule has 0 aliphatic heterocycles. The van der Waals surface area contributed by atoms with Crippen molar-refractivity contribution in [2.75, 3.05) is 6.54 Å². The Balaban J connectivity index is 2.89. The second-order valence-corrected chi connectivity index (χ2v) is 5.65. The van der Waals surface area contributed by atoms with E-state index >= 15 is 0 Å². The number of nitrogens with one attached hydrogen (secondary N) is 1. The average molecular weight is 262 g/mol. The third-order valence-corrected chi connectivity index (χ3v) is 3.36. The van der Waals surface area contributed by atoms with Gasteiger partial charge in [-0.25, -0.2) is 0 Å².